The van der Waals surface area contributed by atoms with Gasteiger partial charge in [-0.25, -0.2) is 9.78 Å². The Bertz CT molecular complexity index is 809. The minimum atomic E-state index is -0.806. The van der Waals surface area contributed by atoms with E-state index in [9.17, 15) is 14.4 Å². The first-order valence-corrected chi connectivity index (χ1v) is 9.05. The van der Waals surface area contributed by atoms with Crippen LogP contribution in [-0.4, -0.2) is 50.3 Å². The molecule has 1 atom stereocenters. The molecule has 1 fully saturated rings. The Labute approximate surface area is 153 Å². The molecule has 1 unspecified atom stereocenters. The van der Waals surface area contributed by atoms with E-state index < -0.39 is 12.1 Å². The Balaban J connectivity index is 1.51. The minimum Gasteiger partial charge on any atom is -0.350 e. The summed E-state index contributed by atoms with van der Waals surface area (Å²) in [6.45, 7) is 2.47. The molecule has 0 radical (unpaired) electrons. The second kappa shape index (κ2) is 8.00. The van der Waals surface area contributed by atoms with E-state index in [1.54, 1.807) is 18.6 Å². The SMILES string of the molecule is CCCN1C(=O)NC(CC(=O)NCc2csc(-c3cnccn3)n2)C1=O. The summed E-state index contributed by atoms with van der Waals surface area (Å²) in [4.78, 5) is 49.7. The number of aromatic nitrogens is 3. The van der Waals surface area contributed by atoms with Gasteiger partial charge in [0.25, 0.3) is 5.91 Å². The molecule has 4 amide bonds. The number of rotatable bonds is 7. The lowest BCUT2D eigenvalue weighted by Crippen LogP contribution is -2.36. The Morgan fingerprint density at radius 2 is 2.23 bits per heavy atom. The van der Waals surface area contributed by atoms with Crippen LogP contribution in [0, 0.1) is 0 Å². The highest BCUT2D eigenvalue weighted by molar-refractivity contribution is 7.13. The number of urea groups is 1. The maximum absolute atomic E-state index is 12.1. The van der Waals surface area contributed by atoms with Gasteiger partial charge in [-0.2, -0.15) is 0 Å². The van der Waals surface area contributed by atoms with Gasteiger partial charge in [0.05, 0.1) is 24.9 Å². The van der Waals surface area contributed by atoms with Gasteiger partial charge in [0.2, 0.25) is 5.91 Å². The van der Waals surface area contributed by atoms with Crippen molar-refractivity contribution in [2.24, 2.45) is 0 Å². The zero-order valence-corrected chi connectivity index (χ0v) is 15.0. The maximum Gasteiger partial charge on any atom is 0.324 e. The molecule has 1 saturated heterocycles. The van der Waals surface area contributed by atoms with E-state index in [-0.39, 0.29) is 24.8 Å². The van der Waals surface area contributed by atoms with E-state index in [2.05, 4.69) is 25.6 Å². The third-order valence-electron chi connectivity index (χ3n) is 3.74. The quantitative estimate of drug-likeness (QED) is 0.697. The zero-order chi connectivity index (χ0) is 18.5. The molecule has 0 saturated carbocycles. The molecular formula is C16H18N6O3S. The molecule has 2 aromatic rings. The number of hydrogen-bond acceptors (Lipinski definition) is 7. The van der Waals surface area contributed by atoms with Crippen molar-refractivity contribution in [2.75, 3.05) is 6.54 Å². The average molecular weight is 374 g/mol. The molecule has 26 heavy (non-hydrogen) atoms. The summed E-state index contributed by atoms with van der Waals surface area (Å²) in [5.74, 6) is -0.679. The largest absolute Gasteiger partial charge is 0.350 e. The summed E-state index contributed by atoms with van der Waals surface area (Å²) < 4.78 is 0. The average Bonchev–Trinajstić information content (AvgIpc) is 3.22. The summed E-state index contributed by atoms with van der Waals surface area (Å²) in [5, 5.41) is 7.81. The van der Waals surface area contributed by atoms with Crippen molar-refractivity contribution in [3.05, 3.63) is 29.7 Å². The van der Waals surface area contributed by atoms with Crippen LogP contribution in [0.1, 0.15) is 25.5 Å². The van der Waals surface area contributed by atoms with E-state index in [1.165, 1.54) is 11.3 Å². The van der Waals surface area contributed by atoms with Crippen LogP contribution in [0.3, 0.4) is 0 Å². The van der Waals surface area contributed by atoms with Crippen molar-refractivity contribution in [2.45, 2.75) is 32.4 Å². The molecule has 2 aromatic heterocycles. The molecule has 10 heteroatoms. The highest BCUT2D eigenvalue weighted by Crippen LogP contribution is 2.20. The topological polar surface area (TPSA) is 117 Å². The molecule has 136 valence electrons. The first kappa shape index (κ1) is 17.9. The Kier molecular flexibility index (Phi) is 5.52. The van der Waals surface area contributed by atoms with Gasteiger partial charge in [-0.15, -0.1) is 11.3 Å². The molecule has 0 aliphatic carbocycles. The fourth-order valence-electron chi connectivity index (χ4n) is 2.51. The summed E-state index contributed by atoms with van der Waals surface area (Å²) in [7, 11) is 0. The van der Waals surface area contributed by atoms with E-state index in [0.29, 0.717) is 24.4 Å². The molecule has 0 aromatic carbocycles. The number of hydrogen-bond donors (Lipinski definition) is 2. The molecule has 2 N–H and O–H groups in total. The molecule has 3 rings (SSSR count). The third-order valence-corrected chi connectivity index (χ3v) is 4.66. The van der Waals surface area contributed by atoms with E-state index in [1.807, 2.05) is 12.3 Å². The van der Waals surface area contributed by atoms with Gasteiger partial charge in [-0.3, -0.25) is 24.5 Å². The van der Waals surface area contributed by atoms with Crippen LogP contribution in [0.5, 0.6) is 0 Å². The molecule has 1 aliphatic heterocycles. The smallest absolute Gasteiger partial charge is 0.324 e. The number of carbonyl (C=O) groups excluding carboxylic acids is 3. The molecule has 9 nitrogen and oxygen atoms in total. The number of thiazole rings is 1. The summed E-state index contributed by atoms with van der Waals surface area (Å²) in [5.41, 5.74) is 1.36. The first-order valence-electron chi connectivity index (χ1n) is 8.18. The summed E-state index contributed by atoms with van der Waals surface area (Å²) in [6, 6.07) is -1.25. The van der Waals surface area contributed by atoms with Gasteiger partial charge in [-0.05, 0) is 6.42 Å². The molecular weight excluding hydrogens is 356 g/mol. The number of carbonyl (C=O) groups is 3. The first-order chi connectivity index (χ1) is 12.6. The van der Waals surface area contributed by atoms with E-state index in [4.69, 9.17) is 0 Å². The third kappa shape index (κ3) is 4.02. The summed E-state index contributed by atoms with van der Waals surface area (Å²) in [6.07, 6.45) is 5.38. The Morgan fingerprint density at radius 1 is 1.38 bits per heavy atom. The van der Waals surface area contributed by atoms with Gasteiger partial charge >= 0.3 is 6.03 Å². The minimum absolute atomic E-state index is 0.0913. The van der Waals surface area contributed by atoms with Gasteiger partial charge < -0.3 is 10.6 Å². The van der Waals surface area contributed by atoms with Crippen LogP contribution in [0.4, 0.5) is 4.79 Å². The molecule has 3 heterocycles. The van der Waals surface area contributed by atoms with Crippen LogP contribution in [0.15, 0.2) is 24.0 Å². The van der Waals surface area contributed by atoms with Crippen LogP contribution in [0.25, 0.3) is 10.7 Å². The lowest BCUT2D eigenvalue weighted by atomic mass is 10.2. The van der Waals surface area contributed by atoms with Crippen LogP contribution in [-0.2, 0) is 16.1 Å². The second-order valence-electron chi connectivity index (χ2n) is 5.71. The Hall–Kier alpha value is -2.88. The van der Waals surface area contributed by atoms with Crippen LogP contribution >= 0.6 is 11.3 Å². The maximum atomic E-state index is 12.1. The summed E-state index contributed by atoms with van der Waals surface area (Å²) >= 11 is 1.41. The number of nitrogens with zero attached hydrogens (tertiary/aromatic N) is 4. The van der Waals surface area contributed by atoms with Crippen LogP contribution in [0.2, 0.25) is 0 Å². The molecule has 0 bridgehead atoms. The number of amides is 4. The zero-order valence-electron chi connectivity index (χ0n) is 14.1. The van der Waals surface area contributed by atoms with Crippen LogP contribution < -0.4 is 10.6 Å². The normalized spacial score (nSPS) is 16.7. The van der Waals surface area contributed by atoms with E-state index >= 15 is 0 Å². The Morgan fingerprint density at radius 3 is 2.96 bits per heavy atom. The van der Waals surface area contributed by atoms with Crippen molar-refractivity contribution in [3.8, 4) is 10.7 Å². The molecule has 1 aliphatic rings. The fourth-order valence-corrected chi connectivity index (χ4v) is 3.29. The second-order valence-corrected chi connectivity index (χ2v) is 6.57. The van der Waals surface area contributed by atoms with Gasteiger partial charge in [0, 0.05) is 24.3 Å². The van der Waals surface area contributed by atoms with Crippen molar-refractivity contribution < 1.29 is 14.4 Å². The predicted molar refractivity (Wildman–Crippen MR) is 93.9 cm³/mol. The van der Waals surface area contributed by atoms with Gasteiger partial charge in [0.15, 0.2) is 0 Å². The number of imide groups is 1. The lowest BCUT2D eigenvalue weighted by Gasteiger charge is -2.11. The van der Waals surface area contributed by atoms with Crippen molar-refractivity contribution >= 4 is 29.2 Å². The standard InChI is InChI=1S/C16H18N6O3S/c1-2-5-22-15(24)11(21-16(22)25)6-13(23)19-7-10-9-26-14(20-10)12-8-17-3-4-18-12/h3-4,8-9,11H,2,5-7H2,1H3,(H,19,23)(H,21,25). The predicted octanol–water partition coefficient (Wildman–Crippen LogP) is 0.937. The van der Waals surface area contributed by atoms with Crippen molar-refractivity contribution in [3.63, 3.8) is 0 Å². The van der Waals surface area contributed by atoms with E-state index in [0.717, 1.165) is 9.91 Å². The van der Waals surface area contributed by atoms with Crippen molar-refractivity contribution in [1.82, 2.24) is 30.5 Å². The number of nitrogens with one attached hydrogen (secondary N) is 2. The lowest BCUT2D eigenvalue weighted by molar-refractivity contribution is -0.130. The monoisotopic (exact) mass is 374 g/mol. The highest BCUT2D eigenvalue weighted by Gasteiger charge is 2.38. The van der Waals surface area contributed by atoms with Crippen molar-refractivity contribution in [1.29, 1.82) is 0 Å². The fraction of sp³-hybridized carbons (Fsp3) is 0.375. The van der Waals surface area contributed by atoms with Gasteiger partial charge in [0.1, 0.15) is 16.7 Å². The molecule has 0 spiro atoms. The highest BCUT2D eigenvalue weighted by atomic mass is 32.1. The van der Waals surface area contributed by atoms with Gasteiger partial charge in [-0.1, -0.05) is 6.92 Å².